The molecule has 2 atom stereocenters. The first kappa shape index (κ1) is 15.6. The molecule has 0 spiro atoms. The summed E-state index contributed by atoms with van der Waals surface area (Å²) in [6, 6.07) is 0.633. The minimum absolute atomic E-state index is 0.535. The van der Waals surface area contributed by atoms with Crippen molar-refractivity contribution in [3.05, 3.63) is 16.6 Å². The molecular weight excluding hydrogens is 240 g/mol. The van der Waals surface area contributed by atoms with E-state index in [-0.39, 0.29) is 0 Å². The van der Waals surface area contributed by atoms with Crippen LogP contribution in [0.4, 0.5) is 0 Å². The van der Waals surface area contributed by atoms with Crippen LogP contribution < -0.4 is 5.32 Å². The van der Waals surface area contributed by atoms with Gasteiger partial charge in [0.1, 0.15) is 0 Å². The zero-order valence-corrected chi connectivity index (χ0v) is 12.9. The highest BCUT2D eigenvalue weighted by molar-refractivity contribution is 7.09. The largest absolute Gasteiger partial charge is 0.314 e. The van der Waals surface area contributed by atoms with Gasteiger partial charge in [-0.1, -0.05) is 46.0 Å². The maximum atomic E-state index is 4.37. The monoisotopic (exact) mass is 268 g/mol. The Morgan fingerprint density at radius 3 is 2.67 bits per heavy atom. The lowest BCUT2D eigenvalue weighted by Gasteiger charge is -2.16. The fraction of sp³-hybridized carbons (Fsp3) is 0.800. The van der Waals surface area contributed by atoms with E-state index in [4.69, 9.17) is 0 Å². The third kappa shape index (κ3) is 6.50. The van der Waals surface area contributed by atoms with Gasteiger partial charge in [0.25, 0.3) is 0 Å². The third-order valence-electron chi connectivity index (χ3n) is 3.39. The number of unbranched alkanes of at least 4 members (excludes halogenated alkanes) is 4. The molecule has 0 fully saturated rings. The van der Waals surface area contributed by atoms with Crippen molar-refractivity contribution in [1.29, 1.82) is 0 Å². The molecule has 1 rings (SSSR count). The highest BCUT2D eigenvalue weighted by Crippen LogP contribution is 2.16. The summed E-state index contributed by atoms with van der Waals surface area (Å²) in [5, 5.41) is 6.93. The molecule has 1 N–H and O–H groups in total. The Bertz CT molecular complexity index is 285. The summed E-state index contributed by atoms with van der Waals surface area (Å²) >= 11 is 1.76. The van der Waals surface area contributed by atoms with Gasteiger partial charge in [0.15, 0.2) is 0 Å². The van der Waals surface area contributed by atoms with E-state index >= 15 is 0 Å². The van der Waals surface area contributed by atoms with Crippen LogP contribution in [0.25, 0.3) is 0 Å². The zero-order chi connectivity index (χ0) is 13.2. The van der Waals surface area contributed by atoms with Crippen molar-refractivity contribution < 1.29 is 0 Å². The topological polar surface area (TPSA) is 24.9 Å². The number of aromatic nitrogens is 1. The number of nitrogens with one attached hydrogen (secondary N) is 1. The second-order valence-corrected chi connectivity index (χ2v) is 6.21. The fourth-order valence-corrected chi connectivity index (χ4v) is 2.80. The summed E-state index contributed by atoms with van der Waals surface area (Å²) in [6.45, 7) is 7.86. The van der Waals surface area contributed by atoms with Crippen molar-refractivity contribution in [2.75, 3.05) is 6.54 Å². The Labute approximate surface area is 116 Å². The lowest BCUT2D eigenvalue weighted by Crippen LogP contribution is -2.29. The van der Waals surface area contributed by atoms with Gasteiger partial charge in [-0.05, 0) is 13.3 Å². The van der Waals surface area contributed by atoms with Crippen LogP contribution in [-0.4, -0.2) is 17.6 Å². The van der Waals surface area contributed by atoms with Gasteiger partial charge in [0.05, 0.1) is 5.01 Å². The van der Waals surface area contributed by atoms with E-state index in [9.17, 15) is 0 Å². The molecule has 0 aliphatic carbocycles. The van der Waals surface area contributed by atoms with Crippen molar-refractivity contribution in [1.82, 2.24) is 10.3 Å². The molecule has 2 nitrogen and oxygen atoms in total. The molecular formula is C15H28N2S. The van der Waals surface area contributed by atoms with Crippen LogP contribution in [-0.2, 0) is 0 Å². The lowest BCUT2D eigenvalue weighted by molar-refractivity contribution is 0.466. The summed E-state index contributed by atoms with van der Waals surface area (Å²) in [7, 11) is 0. The van der Waals surface area contributed by atoms with Gasteiger partial charge in [0.2, 0.25) is 0 Å². The van der Waals surface area contributed by atoms with Crippen LogP contribution in [0.5, 0.6) is 0 Å². The highest BCUT2D eigenvalue weighted by atomic mass is 32.1. The van der Waals surface area contributed by atoms with E-state index < -0.39 is 0 Å². The van der Waals surface area contributed by atoms with E-state index in [1.54, 1.807) is 11.3 Å². The van der Waals surface area contributed by atoms with Crippen LogP contribution in [0.1, 0.15) is 70.2 Å². The maximum Gasteiger partial charge on any atom is 0.0965 e. The minimum atomic E-state index is 0.535. The maximum absolute atomic E-state index is 4.37. The van der Waals surface area contributed by atoms with Gasteiger partial charge in [0, 0.05) is 30.1 Å². The normalized spacial score (nSPS) is 14.6. The number of nitrogens with zero attached hydrogens (tertiary/aromatic N) is 1. The average molecular weight is 268 g/mol. The predicted octanol–water partition coefficient (Wildman–Crippen LogP) is 4.59. The molecule has 0 aromatic carbocycles. The van der Waals surface area contributed by atoms with Crippen LogP contribution in [0.2, 0.25) is 0 Å². The van der Waals surface area contributed by atoms with Crippen molar-refractivity contribution in [3.63, 3.8) is 0 Å². The number of rotatable bonds is 10. The molecule has 1 heterocycles. The first-order chi connectivity index (χ1) is 8.74. The third-order valence-corrected chi connectivity index (χ3v) is 4.39. The first-order valence-electron chi connectivity index (χ1n) is 7.36. The SMILES string of the molecule is CCCCCCCC(C)NCC(C)c1nccs1. The molecule has 0 aliphatic heterocycles. The molecule has 1 aromatic rings. The molecule has 3 heteroatoms. The van der Waals surface area contributed by atoms with Crippen molar-refractivity contribution in [2.45, 2.75) is 71.3 Å². The minimum Gasteiger partial charge on any atom is -0.314 e. The molecule has 0 amide bonds. The smallest absolute Gasteiger partial charge is 0.0965 e. The Hall–Kier alpha value is -0.410. The van der Waals surface area contributed by atoms with Crippen LogP contribution in [0.15, 0.2) is 11.6 Å². The van der Waals surface area contributed by atoms with Gasteiger partial charge in [-0.2, -0.15) is 0 Å². The second-order valence-electron chi connectivity index (χ2n) is 5.28. The second kappa shape index (κ2) is 9.51. The van der Waals surface area contributed by atoms with Gasteiger partial charge in [-0.25, -0.2) is 4.98 Å². The van der Waals surface area contributed by atoms with Gasteiger partial charge < -0.3 is 5.32 Å². The van der Waals surface area contributed by atoms with Crippen molar-refractivity contribution >= 4 is 11.3 Å². The van der Waals surface area contributed by atoms with Crippen molar-refractivity contribution in [2.24, 2.45) is 0 Å². The van der Waals surface area contributed by atoms with Crippen molar-refractivity contribution in [3.8, 4) is 0 Å². The van der Waals surface area contributed by atoms with Gasteiger partial charge in [-0.15, -0.1) is 11.3 Å². The predicted molar refractivity (Wildman–Crippen MR) is 81.4 cm³/mol. The first-order valence-corrected chi connectivity index (χ1v) is 8.24. The summed E-state index contributed by atoms with van der Waals surface area (Å²) in [5.74, 6) is 0.535. The van der Waals surface area contributed by atoms with E-state index in [1.165, 1.54) is 43.5 Å². The van der Waals surface area contributed by atoms with E-state index in [2.05, 4.69) is 36.5 Å². The Morgan fingerprint density at radius 2 is 2.00 bits per heavy atom. The summed E-state index contributed by atoms with van der Waals surface area (Å²) in [5.41, 5.74) is 0. The quantitative estimate of drug-likeness (QED) is 0.628. The molecule has 0 saturated heterocycles. The number of hydrogen-bond donors (Lipinski definition) is 1. The fourth-order valence-electron chi connectivity index (χ4n) is 2.10. The van der Waals surface area contributed by atoms with Crippen LogP contribution >= 0.6 is 11.3 Å². The lowest BCUT2D eigenvalue weighted by atomic mass is 10.1. The van der Waals surface area contributed by atoms with E-state index in [0.717, 1.165) is 6.54 Å². The molecule has 0 saturated carbocycles. The molecule has 0 radical (unpaired) electrons. The van der Waals surface area contributed by atoms with E-state index in [1.807, 2.05) is 6.20 Å². The molecule has 1 aromatic heterocycles. The molecule has 0 aliphatic rings. The summed E-state index contributed by atoms with van der Waals surface area (Å²) < 4.78 is 0. The summed E-state index contributed by atoms with van der Waals surface area (Å²) in [4.78, 5) is 4.37. The average Bonchev–Trinajstić information content (AvgIpc) is 2.89. The zero-order valence-electron chi connectivity index (χ0n) is 12.1. The standard InChI is InChI=1S/C15H28N2S/c1-4-5-6-7-8-9-14(3)17-12-13(2)15-16-10-11-18-15/h10-11,13-14,17H,4-9,12H2,1-3H3. The van der Waals surface area contributed by atoms with Gasteiger partial charge in [-0.3, -0.25) is 0 Å². The number of thiazole rings is 1. The Balaban J connectivity index is 2.04. The van der Waals surface area contributed by atoms with Gasteiger partial charge >= 0.3 is 0 Å². The molecule has 18 heavy (non-hydrogen) atoms. The highest BCUT2D eigenvalue weighted by Gasteiger charge is 2.09. The molecule has 0 bridgehead atoms. The van der Waals surface area contributed by atoms with Crippen LogP contribution in [0.3, 0.4) is 0 Å². The van der Waals surface area contributed by atoms with Crippen LogP contribution in [0, 0.1) is 0 Å². The summed E-state index contributed by atoms with van der Waals surface area (Å²) in [6.07, 6.45) is 10.1. The van der Waals surface area contributed by atoms with E-state index in [0.29, 0.717) is 12.0 Å². The molecule has 104 valence electrons. The molecule has 2 unspecified atom stereocenters. The Morgan fingerprint density at radius 1 is 1.22 bits per heavy atom. The Kier molecular flexibility index (Phi) is 8.27. The number of hydrogen-bond acceptors (Lipinski definition) is 3.